The molecule has 25 heavy (non-hydrogen) atoms. The first-order valence-electron chi connectivity index (χ1n) is 8.18. The van der Waals surface area contributed by atoms with E-state index in [9.17, 15) is 9.59 Å². The number of halogens is 1. The summed E-state index contributed by atoms with van der Waals surface area (Å²) in [4.78, 5) is 24.2. The molecule has 1 atom stereocenters. The van der Waals surface area contributed by atoms with Crippen molar-refractivity contribution in [1.82, 2.24) is 5.32 Å². The van der Waals surface area contributed by atoms with Crippen molar-refractivity contribution in [2.45, 2.75) is 26.3 Å². The van der Waals surface area contributed by atoms with Crippen LogP contribution in [0.5, 0.6) is 0 Å². The van der Waals surface area contributed by atoms with E-state index in [1.54, 1.807) is 18.2 Å². The molecular weight excluding hydrogens is 382 g/mol. The first kappa shape index (κ1) is 19.0. The number of nitrogens with one attached hydrogen (secondary N) is 3. The van der Waals surface area contributed by atoms with E-state index in [4.69, 9.17) is 0 Å². The highest BCUT2D eigenvalue weighted by Crippen LogP contribution is 2.16. The Morgan fingerprint density at radius 2 is 1.80 bits per heavy atom. The van der Waals surface area contributed by atoms with Gasteiger partial charge in [-0.2, -0.15) is 0 Å². The van der Waals surface area contributed by atoms with Crippen LogP contribution in [0, 0.1) is 0 Å². The zero-order valence-corrected chi connectivity index (χ0v) is 15.9. The Labute approximate surface area is 156 Å². The number of carbonyl (C=O) groups is 2. The van der Waals surface area contributed by atoms with E-state index in [-0.39, 0.29) is 24.4 Å². The lowest BCUT2D eigenvalue weighted by Crippen LogP contribution is -2.31. The second kappa shape index (κ2) is 9.22. The summed E-state index contributed by atoms with van der Waals surface area (Å²) in [5.74, 6) is -0.274. The van der Waals surface area contributed by atoms with Crippen molar-refractivity contribution in [3.63, 3.8) is 0 Å². The highest BCUT2D eigenvalue weighted by atomic mass is 79.9. The lowest BCUT2D eigenvalue weighted by Gasteiger charge is -2.12. The summed E-state index contributed by atoms with van der Waals surface area (Å²) in [6.07, 6.45) is 0.874. The van der Waals surface area contributed by atoms with Gasteiger partial charge in [0.05, 0.1) is 6.54 Å². The summed E-state index contributed by atoms with van der Waals surface area (Å²) in [5.41, 5.74) is 2.02. The van der Waals surface area contributed by atoms with E-state index in [0.717, 1.165) is 22.3 Å². The fraction of sp³-hybridized carbons (Fsp3) is 0.263. The largest absolute Gasteiger partial charge is 0.376 e. The summed E-state index contributed by atoms with van der Waals surface area (Å²) in [5, 5.41) is 8.78. The van der Waals surface area contributed by atoms with Gasteiger partial charge in [-0.3, -0.25) is 9.59 Å². The summed E-state index contributed by atoms with van der Waals surface area (Å²) >= 11 is 3.37. The molecule has 2 rings (SSSR count). The van der Waals surface area contributed by atoms with Gasteiger partial charge in [-0.25, -0.2) is 0 Å². The summed E-state index contributed by atoms with van der Waals surface area (Å²) in [6.45, 7) is 4.10. The third kappa shape index (κ3) is 6.23. The molecule has 1 unspecified atom stereocenters. The molecule has 2 aromatic rings. The molecule has 0 radical (unpaired) electrons. The van der Waals surface area contributed by atoms with Crippen LogP contribution < -0.4 is 16.0 Å². The molecule has 6 heteroatoms. The molecule has 0 saturated carbocycles. The normalized spacial score (nSPS) is 11.5. The predicted molar refractivity (Wildman–Crippen MR) is 105 cm³/mol. The number of benzene rings is 2. The molecule has 5 nitrogen and oxygen atoms in total. The Hall–Kier alpha value is -2.34. The maximum atomic E-state index is 12.2. The third-order valence-corrected chi connectivity index (χ3v) is 4.17. The van der Waals surface area contributed by atoms with Crippen LogP contribution in [0.25, 0.3) is 0 Å². The van der Waals surface area contributed by atoms with Crippen molar-refractivity contribution >= 4 is 39.1 Å². The third-order valence-electron chi connectivity index (χ3n) is 3.68. The topological polar surface area (TPSA) is 70.2 Å². The van der Waals surface area contributed by atoms with Crippen LogP contribution in [-0.4, -0.2) is 24.4 Å². The second-order valence-corrected chi connectivity index (χ2v) is 6.69. The average Bonchev–Trinajstić information content (AvgIpc) is 2.60. The molecule has 3 N–H and O–H groups in total. The standard InChI is InChI=1S/C19H22BrN3O2/c1-3-13(2)22-19(25)14-6-4-8-16(10-14)21-12-18(24)23-17-9-5-7-15(20)11-17/h4-11,13,21H,3,12H2,1-2H3,(H,22,25)(H,23,24). The Balaban J connectivity index is 1.91. The SMILES string of the molecule is CCC(C)NC(=O)c1cccc(NCC(=O)Nc2cccc(Br)c2)c1. The van der Waals surface area contributed by atoms with Crippen molar-refractivity contribution in [3.05, 3.63) is 58.6 Å². The fourth-order valence-corrected chi connectivity index (χ4v) is 2.53. The van der Waals surface area contributed by atoms with Crippen LogP contribution in [0.15, 0.2) is 53.0 Å². The minimum Gasteiger partial charge on any atom is -0.376 e. The molecular formula is C19H22BrN3O2. The van der Waals surface area contributed by atoms with Crippen LogP contribution >= 0.6 is 15.9 Å². The van der Waals surface area contributed by atoms with Gasteiger partial charge < -0.3 is 16.0 Å². The average molecular weight is 404 g/mol. The lowest BCUT2D eigenvalue weighted by atomic mass is 10.1. The summed E-state index contributed by atoms with van der Waals surface area (Å²) < 4.78 is 0.901. The van der Waals surface area contributed by atoms with Crippen LogP contribution in [0.2, 0.25) is 0 Å². The van der Waals surface area contributed by atoms with Gasteiger partial charge in [0.2, 0.25) is 5.91 Å². The number of hydrogen-bond acceptors (Lipinski definition) is 3. The molecule has 0 aliphatic carbocycles. The zero-order valence-electron chi connectivity index (χ0n) is 14.3. The van der Waals surface area contributed by atoms with Crippen molar-refractivity contribution in [3.8, 4) is 0 Å². The Morgan fingerprint density at radius 1 is 1.08 bits per heavy atom. The van der Waals surface area contributed by atoms with E-state index in [2.05, 4.69) is 31.9 Å². The molecule has 0 bridgehead atoms. The highest BCUT2D eigenvalue weighted by molar-refractivity contribution is 9.10. The van der Waals surface area contributed by atoms with Crippen LogP contribution in [0.3, 0.4) is 0 Å². The molecule has 0 aliphatic rings. The summed E-state index contributed by atoms with van der Waals surface area (Å²) in [7, 11) is 0. The van der Waals surface area contributed by atoms with Gasteiger partial charge in [0.1, 0.15) is 0 Å². The van der Waals surface area contributed by atoms with Gasteiger partial charge >= 0.3 is 0 Å². The minimum absolute atomic E-state index is 0.114. The fourth-order valence-electron chi connectivity index (χ4n) is 2.13. The smallest absolute Gasteiger partial charge is 0.251 e. The molecule has 132 valence electrons. The van der Waals surface area contributed by atoms with Crippen molar-refractivity contribution in [2.75, 3.05) is 17.2 Å². The molecule has 2 amide bonds. The zero-order chi connectivity index (χ0) is 18.2. The lowest BCUT2D eigenvalue weighted by molar-refractivity contribution is -0.114. The maximum Gasteiger partial charge on any atom is 0.251 e. The number of rotatable bonds is 7. The Bertz CT molecular complexity index is 749. The molecule has 0 spiro atoms. The van der Waals surface area contributed by atoms with Gasteiger partial charge in [0.25, 0.3) is 5.91 Å². The molecule has 2 aromatic carbocycles. The number of hydrogen-bond donors (Lipinski definition) is 3. The van der Waals surface area contributed by atoms with Crippen LogP contribution in [0.4, 0.5) is 11.4 Å². The molecule has 0 heterocycles. The van der Waals surface area contributed by atoms with Gasteiger partial charge in [0.15, 0.2) is 0 Å². The van der Waals surface area contributed by atoms with Crippen molar-refractivity contribution in [1.29, 1.82) is 0 Å². The number of carbonyl (C=O) groups excluding carboxylic acids is 2. The van der Waals surface area contributed by atoms with E-state index in [1.807, 2.05) is 44.2 Å². The molecule has 0 aliphatic heterocycles. The molecule has 0 fully saturated rings. The monoisotopic (exact) mass is 403 g/mol. The maximum absolute atomic E-state index is 12.2. The van der Waals surface area contributed by atoms with E-state index >= 15 is 0 Å². The Morgan fingerprint density at radius 3 is 2.52 bits per heavy atom. The van der Waals surface area contributed by atoms with E-state index in [1.165, 1.54) is 0 Å². The Kier molecular flexibility index (Phi) is 7.01. The summed E-state index contributed by atoms with van der Waals surface area (Å²) in [6, 6.07) is 14.6. The number of amides is 2. The van der Waals surface area contributed by atoms with Gasteiger partial charge in [-0.05, 0) is 49.7 Å². The van der Waals surface area contributed by atoms with Gasteiger partial charge in [-0.1, -0.05) is 35.0 Å². The first-order valence-corrected chi connectivity index (χ1v) is 8.97. The van der Waals surface area contributed by atoms with Gasteiger partial charge in [-0.15, -0.1) is 0 Å². The molecule has 0 saturated heterocycles. The van der Waals surface area contributed by atoms with Crippen molar-refractivity contribution < 1.29 is 9.59 Å². The predicted octanol–water partition coefficient (Wildman–Crippen LogP) is 4.03. The van der Waals surface area contributed by atoms with Crippen molar-refractivity contribution in [2.24, 2.45) is 0 Å². The van der Waals surface area contributed by atoms with E-state index < -0.39 is 0 Å². The molecule has 0 aromatic heterocycles. The number of anilines is 2. The van der Waals surface area contributed by atoms with Crippen LogP contribution in [-0.2, 0) is 4.79 Å². The quantitative estimate of drug-likeness (QED) is 0.653. The first-order chi connectivity index (χ1) is 12.0. The minimum atomic E-state index is -0.160. The van der Waals surface area contributed by atoms with Gasteiger partial charge in [0, 0.05) is 27.5 Å². The van der Waals surface area contributed by atoms with Crippen LogP contribution in [0.1, 0.15) is 30.6 Å². The second-order valence-electron chi connectivity index (χ2n) is 5.78. The van der Waals surface area contributed by atoms with E-state index in [0.29, 0.717) is 5.56 Å². The highest BCUT2D eigenvalue weighted by Gasteiger charge is 2.09.